The van der Waals surface area contributed by atoms with Gasteiger partial charge in [0, 0.05) is 24.0 Å². The van der Waals surface area contributed by atoms with Crippen LogP contribution in [0.4, 0.5) is 9.18 Å². The molecule has 9 heteroatoms. The maximum Gasteiger partial charge on any atom is 0.508 e. The molecule has 0 amide bonds. The third-order valence-electron chi connectivity index (χ3n) is 8.49. The number of unbranched alkanes of at least 4 members (excludes halogenated alkanes) is 6. The van der Waals surface area contributed by atoms with Gasteiger partial charge in [-0.1, -0.05) is 82.9 Å². The van der Waals surface area contributed by atoms with Crippen molar-refractivity contribution in [1.82, 2.24) is 0 Å². The monoisotopic (exact) mass is 680 g/mol. The first-order valence-corrected chi connectivity index (χ1v) is 17.5. The summed E-state index contributed by atoms with van der Waals surface area (Å²) in [7, 11) is 0. The Bertz CT molecular complexity index is 1420. The number of cyclic esters (lactones) is 2. The molecule has 268 valence electrons. The van der Waals surface area contributed by atoms with Crippen LogP contribution < -0.4 is 0 Å². The van der Waals surface area contributed by atoms with Gasteiger partial charge in [-0.05, 0) is 72.6 Å². The minimum Gasteiger partial charge on any atom is -0.462 e. The Kier molecular flexibility index (Phi) is 17.1. The quantitative estimate of drug-likeness (QED) is 0.0529. The zero-order valence-corrected chi connectivity index (χ0v) is 29.5. The maximum absolute atomic E-state index is 15.5. The van der Waals surface area contributed by atoms with Gasteiger partial charge in [-0.25, -0.2) is 18.8 Å². The fourth-order valence-electron chi connectivity index (χ4n) is 5.62. The van der Waals surface area contributed by atoms with Gasteiger partial charge in [-0.15, -0.1) is 0 Å². The lowest BCUT2D eigenvalue weighted by molar-refractivity contribution is -0.139. The lowest BCUT2D eigenvalue weighted by Crippen LogP contribution is -2.30. The van der Waals surface area contributed by atoms with Gasteiger partial charge < -0.3 is 23.7 Å². The first-order chi connectivity index (χ1) is 23.6. The van der Waals surface area contributed by atoms with Gasteiger partial charge in [0.25, 0.3) is 0 Å². The molecule has 1 heterocycles. The Balaban J connectivity index is 1.83. The van der Waals surface area contributed by atoms with E-state index >= 15 is 4.39 Å². The molecule has 2 aromatic rings. The van der Waals surface area contributed by atoms with Crippen LogP contribution in [0.5, 0.6) is 0 Å². The summed E-state index contributed by atoms with van der Waals surface area (Å²) >= 11 is 0. The van der Waals surface area contributed by atoms with Crippen LogP contribution in [0.15, 0.2) is 54.6 Å². The molecule has 0 bridgehead atoms. The molecular formula is C40H53FO8. The summed E-state index contributed by atoms with van der Waals surface area (Å²) in [6.45, 7) is 14.2. The summed E-state index contributed by atoms with van der Waals surface area (Å²) in [6, 6.07) is 9.46. The third-order valence-corrected chi connectivity index (χ3v) is 8.49. The van der Waals surface area contributed by atoms with E-state index in [2.05, 4.69) is 20.1 Å². The van der Waals surface area contributed by atoms with Crippen molar-refractivity contribution in [1.29, 1.82) is 0 Å². The average molecular weight is 681 g/mol. The van der Waals surface area contributed by atoms with Gasteiger partial charge in [0.1, 0.15) is 19.0 Å². The molecule has 0 unspecified atom stereocenters. The van der Waals surface area contributed by atoms with Crippen molar-refractivity contribution < 1.29 is 42.5 Å². The Hall–Kier alpha value is -3.98. The molecule has 0 radical (unpaired) electrons. The smallest absolute Gasteiger partial charge is 0.462 e. The summed E-state index contributed by atoms with van der Waals surface area (Å²) in [5.41, 5.74) is 5.66. The van der Waals surface area contributed by atoms with Crippen molar-refractivity contribution in [3.8, 4) is 11.1 Å². The van der Waals surface area contributed by atoms with Crippen molar-refractivity contribution in [2.75, 3.05) is 39.6 Å². The summed E-state index contributed by atoms with van der Waals surface area (Å²) in [6.07, 6.45) is 9.57. The van der Waals surface area contributed by atoms with Crippen molar-refractivity contribution in [3.05, 3.63) is 82.7 Å². The molecular weight excluding hydrogens is 627 g/mol. The lowest BCUT2D eigenvalue weighted by atomic mass is 9.89. The second-order valence-electron chi connectivity index (χ2n) is 12.9. The summed E-state index contributed by atoms with van der Waals surface area (Å²) in [5, 5.41) is 0. The molecule has 3 rings (SSSR count). The minimum absolute atomic E-state index is 0.0525. The maximum atomic E-state index is 15.5. The highest BCUT2D eigenvalue weighted by Gasteiger charge is 2.21. The molecule has 0 saturated carbocycles. The van der Waals surface area contributed by atoms with Crippen LogP contribution in [0.1, 0.15) is 88.0 Å². The lowest BCUT2D eigenvalue weighted by Gasteiger charge is -2.22. The fourth-order valence-corrected chi connectivity index (χ4v) is 5.62. The van der Waals surface area contributed by atoms with Gasteiger partial charge in [0.15, 0.2) is 0 Å². The molecule has 1 saturated heterocycles. The van der Waals surface area contributed by atoms with E-state index < -0.39 is 18.1 Å². The predicted molar refractivity (Wildman–Crippen MR) is 188 cm³/mol. The van der Waals surface area contributed by atoms with Crippen LogP contribution in [0, 0.1) is 11.7 Å². The Morgan fingerprint density at radius 2 is 1.33 bits per heavy atom. The second-order valence-corrected chi connectivity index (χ2v) is 12.9. The highest BCUT2D eigenvalue weighted by molar-refractivity contribution is 5.87. The Labute approximate surface area is 291 Å². The highest BCUT2D eigenvalue weighted by atomic mass is 19.1. The van der Waals surface area contributed by atoms with Gasteiger partial charge in [-0.2, -0.15) is 0 Å². The van der Waals surface area contributed by atoms with Gasteiger partial charge in [0.05, 0.1) is 32.3 Å². The molecule has 0 N–H and O–H groups in total. The zero-order valence-electron chi connectivity index (χ0n) is 29.5. The molecule has 0 spiro atoms. The van der Waals surface area contributed by atoms with Gasteiger partial charge in [0.2, 0.25) is 0 Å². The Morgan fingerprint density at radius 1 is 0.755 bits per heavy atom. The highest BCUT2D eigenvalue weighted by Crippen LogP contribution is 2.31. The number of benzene rings is 2. The van der Waals surface area contributed by atoms with E-state index in [9.17, 15) is 14.4 Å². The van der Waals surface area contributed by atoms with E-state index in [4.69, 9.17) is 23.7 Å². The number of carbonyl (C=O) groups is 3. The number of hydrogen-bond acceptors (Lipinski definition) is 8. The number of ether oxygens (including phenoxy) is 5. The van der Waals surface area contributed by atoms with E-state index in [1.165, 1.54) is 32.1 Å². The zero-order chi connectivity index (χ0) is 35.6. The molecule has 1 fully saturated rings. The molecule has 0 aliphatic carbocycles. The third kappa shape index (κ3) is 13.8. The predicted octanol–water partition coefficient (Wildman–Crippen LogP) is 8.45. The number of aryl methyl sites for hydroxylation is 1. The largest absolute Gasteiger partial charge is 0.508 e. The molecule has 0 aromatic heterocycles. The van der Waals surface area contributed by atoms with Gasteiger partial charge in [-0.3, -0.25) is 0 Å². The van der Waals surface area contributed by atoms with Crippen molar-refractivity contribution in [2.45, 2.75) is 91.4 Å². The first-order valence-electron chi connectivity index (χ1n) is 17.5. The van der Waals surface area contributed by atoms with E-state index in [0.717, 1.165) is 40.7 Å². The number of halogens is 1. The van der Waals surface area contributed by atoms with Crippen molar-refractivity contribution in [3.63, 3.8) is 0 Å². The van der Waals surface area contributed by atoms with Crippen LogP contribution in [-0.4, -0.2) is 57.7 Å². The first kappa shape index (κ1) is 39.5. The van der Waals surface area contributed by atoms with E-state index in [0.29, 0.717) is 55.6 Å². The van der Waals surface area contributed by atoms with Crippen LogP contribution in [-0.2, 0) is 59.0 Å². The number of hydrogen-bond donors (Lipinski definition) is 0. The van der Waals surface area contributed by atoms with E-state index in [1.807, 2.05) is 24.3 Å². The van der Waals surface area contributed by atoms with Crippen LogP contribution >= 0.6 is 0 Å². The normalized spacial score (nSPS) is 13.0. The SMILES string of the molecule is C=C(C)C(=O)OCCc1cc(-c2ccc(CCCCCCCCC)c(F)c2)c(CCOC(=O)C(=C)C)cc1CCOCC1COC(=O)OC1. The molecule has 0 atom stereocenters. The van der Waals surface area contributed by atoms with Crippen LogP contribution in [0.2, 0.25) is 0 Å². The molecule has 8 nitrogen and oxygen atoms in total. The minimum atomic E-state index is -0.669. The summed E-state index contributed by atoms with van der Waals surface area (Å²) < 4.78 is 42.2. The fraction of sp³-hybridized carbons (Fsp3) is 0.525. The molecule has 1 aliphatic heterocycles. The number of rotatable bonds is 22. The Morgan fingerprint density at radius 3 is 1.94 bits per heavy atom. The van der Waals surface area contributed by atoms with E-state index in [-0.39, 0.29) is 38.2 Å². The second kappa shape index (κ2) is 21.2. The number of esters is 2. The molecule has 49 heavy (non-hydrogen) atoms. The standard InChI is InChI=1S/C40H53FO8/c1-6-7-8-9-10-11-12-13-31-14-15-34(24-37(31)41)36-23-33(17-20-46-38(42)28(2)3)32(22-35(36)18-21-47-39(43)29(4)5)16-19-45-25-30-26-48-40(44)49-27-30/h14-15,22-24,30H,2,4,6-13,16-21,25-27H2,1,3,5H3. The topological polar surface area (TPSA) is 97.4 Å². The molecule has 1 aliphatic rings. The van der Waals surface area contributed by atoms with Crippen molar-refractivity contribution >= 4 is 18.1 Å². The van der Waals surface area contributed by atoms with Gasteiger partial charge >= 0.3 is 18.1 Å². The summed E-state index contributed by atoms with van der Waals surface area (Å²) in [5.74, 6) is -1.22. The molecule has 2 aromatic carbocycles. The van der Waals surface area contributed by atoms with Crippen LogP contribution in [0.3, 0.4) is 0 Å². The van der Waals surface area contributed by atoms with Crippen molar-refractivity contribution in [2.24, 2.45) is 5.92 Å². The van der Waals surface area contributed by atoms with E-state index in [1.54, 1.807) is 19.9 Å². The summed E-state index contributed by atoms with van der Waals surface area (Å²) in [4.78, 5) is 35.4. The van der Waals surface area contributed by atoms with Crippen LogP contribution in [0.25, 0.3) is 11.1 Å². The average Bonchev–Trinajstić information content (AvgIpc) is 3.08. The number of carbonyl (C=O) groups excluding carboxylic acids is 3.